The number of rotatable bonds is 6. The Morgan fingerprint density at radius 3 is 2.72 bits per heavy atom. The average Bonchev–Trinajstić information content (AvgIpc) is 3.13. The van der Waals surface area contributed by atoms with Crippen LogP contribution < -0.4 is 15.8 Å². The van der Waals surface area contributed by atoms with Crippen molar-refractivity contribution in [3.63, 3.8) is 0 Å². The van der Waals surface area contributed by atoms with E-state index in [0.717, 1.165) is 12.5 Å². The van der Waals surface area contributed by atoms with Crippen molar-refractivity contribution in [2.75, 3.05) is 17.6 Å². The van der Waals surface area contributed by atoms with Crippen molar-refractivity contribution >= 4 is 11.5 Å². The van der Waals surface area contributed by atoms with Gasteiger partial charge in [-0.3, -0.25) is 0 Å². The summed E-state index contributed by atoms with van der Waals surface area (Å²) < 4.78 is 5.54. The maximum atomic E-state index is 6.00. The van der Waals surface area contributed by atoms with E-state index in [1.165, 1.54) is 19.2 Å². The molecule has 1 unspecified atom stereocenters. The quantitative estimate of drug-likeness (QED) is 0.810. The van der Waals surface area contributed by atoms with Crippen LogP contribution in [0.15, 0.2) is 6.33 Å². The van der Waals surface area contributed by atoms with Gasteiger partial charge in [0.25, 0.3) is 0 Å². The molecule has 0 saturated heterocycles. The Balaban J connectivity index is 1.98. The van der Waals surface area contributed by atoms with Crippen molar-refractivity contribution < 1.29 is 4.74 Å². The third kappa shape index (κ3) is 3.24. The second-order valence-electron chi connectivity index (χ2n) is 5.30. The van der Waals surface area contributed by atoms with Gasteiger partial charge in [-0.2, -0.15) is 4.98 Å². The predicted molar refractivity (Wildman–Crippen MR) is 72.6 cm³/mol. The second-order valence-corrected chi connectivity index (χ2v) is 5.30. The number of nitrogens with one attached hydrogen (secondary N) is 1. The van der Waals surface area contributed by atoms with Gasteiger partial charge in [-0.15, -0.1) is 0 Å². The molecule has 1 fully saturated rings. The highest BCUT2D eigenvalue weighted by atomic mass is 16.5. The molecule has 0 amide bonds. The SMILES string of the molecule is CC(C)Oc1ncnc(NCC(C)C2CC2)c1N. The van der Waals surface area contributed by atoms with Crippen molar-refractivity contribution in [1.29, 1.82) is 0 Å². The van der Waals surface area contributed by atoms with E-state index in [0.29, 0.717) is 23.3 Å². The maximum absolute atomic E-state index is 6.00. The number of aromatic nitrogens is 2. The summed E-state index contributed by atoms with van der Waals surface area (Å²) in [4.78, 5) is 8.23. The van der Waals surface area contributed by atoms with Crippen LogP contribution in [0, 0.1) is 11.8 Å². The second kappa shape index (κ2) is 5.42. The first kappa shape index (κ1) is 12.9. The first-order chi connectivity index (χ1) is 8.58. The van der Waals surface area contributed by atoms with E-state index in [1.54, 1.807) is 0 Å². The van der Waals surface area contributed by atoms with Crippen LogP contribution in [0.1, 0.15) is 33.6 Å². The van der Waals surface area contributed by atoms with Crippen molar-refractivity contribution in [1.82, 2.24) is 9.97 Å². The van der Waals surface area contributed by atoms with Gasteiger partial charge in [-0.05, 0) is 38.5 Å². The largest absolute Gasteiger partial charge is 0.473 e. The molecule has 5 nitrogen and oxygen atoms in total. The van der Waals surface area contributed by atoms with Crippen LogP contribution in [0.2, 0.25) is 0 Å². The zero-order chi connectivity index (χ0) is 13.1. The van der Waals surface area contributed by atoms with E-state index >= 15 is 0 Å². The maximum Gasteiger partial charge on any atom is 0.242 e. The van der Waals surface area contributed by atoms with Crippen LogP contribution in [0.4, 0.5) is 11.5 Å². The van der Waals surface area contributed by atoms with Gasteiger partial charge in [0.1, 0.15) is 12.0 Å². The van der Waals surface area contributed by atoms with E-state index in [2.05, 4.69) is 22.2 Å². The number of hydrogen-bond donors (Lipinski definition) is 2. The molecule has 1 atom stereocenters. The van der Waals surface area contributed by atoms with Gasteiger partial charge >= 0.3 is 0 Å². The molecule has 1 saturated carbocycles. The molecule has 0 aliphatic heterocycles. The fourth-order valence-electron chi connectivity index (χ4n) is 1.93. The van der Waals surface area contributed by atoms with Crippen LogP contribution in [-0.2, 0) is 0 Å². The van der Waals surface area contributed by atoms with E-state index in [9.17, 15) is 0 Å². The molecule has 1 aromatic heterocycles. The van der Waals surface area contributed by atoms with Crippen LogP contribution in [0.3, 0.4) is 0 Å². The van der Waals surface area contributed by atoms with Crippen LogP contribution in [0.25, 0.3) is 0 Å². The number of nitrogens with zero attached hydrogens (tertiary/aromatic N) is 2. The number of anilines is 2. The Bertz CT molecular complexity index is 404. The average molecular weight is 250 g/mol. The number of nitrogen functional groups attached to an aromatic ring is 1. The summed E-state index contributed by atoms with van der Waals surface area (Å²) in [5.41, 5.74) is 6.49. The zero-order valence-corrected chi connectivity index (χ0v) is 11.3. The van der Waals surface area contributed by atoms with Crippen LogP contribution in [0.5, 0.6) is 5.88 Å². The smallest absolute Gasteiger partial charge is 0.242 e. The molecule has 2 rings (SSSR count). The summed E-state index contributed by atoms with van der Waals surface area (Å²) in [7, 11) is 0. The Hall–Kier alpha value is -1.52. The van der Waals surface area contributed by atoms with E-state index in [-0.39, 0.29) is 6.10 Å². The van der Waals surface area contributed by atoms with Crippen molar-refractivity contribution in [2.24, 2.45) is 11.8 Å². The minimum absolute atomic E-state index is 0.0560. The Morgan fingerprint density at radius 2 is 2.11 bits per heavy atom. The predicted octanol–water partition coefficient (Wildman–Crippen LogP) is 2.30. The summed E-state index contributed by atoms with van der Waals surface area (Å²) >= 11 is 0. The van der Waals surface area contributed by atoms with E-state index in [1.807, 2.05) is 13.8 Å². The highest BCUT2D eigenvalue weighted by Crippen LogP contribution is 2.36. The van der Waals surface area contributed by atoms with Crippen molar-refractivity contribution in [3.05, 3.63) is 6.33 Å². The van der Waals surface area contributed by atoms with Crippen molar-refractivity contribution in [3.8, 4) is 5.88 Å². The molecule has 0 aromatic carbocycles. The first-order valence-electron chi connectivity index (χ1n) is 6.59. The number of ether oxygens (including phenoxy) is 1. The fourth-order valence-corrected chi connectivity index (χ4v) is 1.93. The Morgan fingerprint density at radius 1 is 1.39 bits per heavy atom. The summed E-state index contributed by atoms with van der Waals surface area (Å²) in [5.74, 6) is 2.66. The van der Waals surface area contributed by atoms with Crippen LogP contribution in [-0.4, -0.2) is 22.6 Å². The van der Waals surface area contributed by atoms with Gasteiger partial charge in [0, 0.05) is 6.54 Å². The van der Waals surface area contributed by atoms with Gasteiger partial charge in [-0.25, -0.2) is 4.98 Å². The van der Waals surface area contributed by atoms with Gasteiger partial charge in [-0.1, -0.05) is 6.92 Å². The van der Waals surface area contributed by atoms with Crippen molar-refractivity contribution in [2.45, 2.75) is 39.7 Å². The Kier molecular flexibility index (Phi) is 3.89. The van der Waals surface area contributed by atoms with E-state index in [4.69, 9.17) is 10.5 Å². The summed E-state index contributed by atoms with van der Waals surface area (Å²) in [5, 5.41) is 3.29. The lowest BCUT2D eigenvalue weighted by Crippen LogP contribution is -2.16. The van der Waals surface area contributed by atoms with Gasteiger partial charge in [0.05, 0.1) is 6.10 Å². The lowest BCUT2D eigenvalue weighted by molar-refractivity contribution is 0.234. The lowest BCUT2D eigenvalue weighted by atomic mass is 10.1. The molecule has 0 radical (unpaired) electrons. The topological polar surface area (TPSA) is 73.1 Å². The van der Waals surface area contributed by atoms with E-state index < -0.39 is 0 Å². The molecule has 1 heterocycles. The third-order valence-corrected chi connectivity index (χ3v) is 3.21. The molecule has 5 heteroatoms. The van der Waals surface area contributed by atoms with Crippen LogP contribution >= 0.6 is 0 Å². The Labute approximate surface area is 108 Å². The normalized spacial score (nSPS) is 16.7. The van der Waals surface area contributed by atoms with Gasteiger partial charge in [0.15, 0.2) is 5.82 Å². The molecule has 1 aliphatic carbocycles. The number of hydrogen-bond acceptors (Lipinski definition) is 5. The molecule has 0 spiro atoms. The highest BCUT2D eigenvalue weighted by Gasteiger charge is 2.27. The third-order valence-electron chi connectivity index (χ3n) is 3.21. The van der Waals surface area contributed by atoms with Gasteiger partial charge in [0.2, 0.25) is 5.88 Å². The van der Waals surface area contributed by atoms with Gasteiger partial charge < -0.3 is 15.8 Å². The standard InChI is InChI=1S/C13H22N4O/c1-8(2)18-13-11(14)12(16-7-17-13)15-6-9(3)10-4-5-10/h7-10H,4-6,14H2,1-3H3,(H,15,16,17). The molecular formula is C13H22N4O. The minimum Gasteiger partial charge on any atom is -0.473 e. The highest BCUT2D eigenvalue weighted by molar-refractivity contribution is 5.66. The molecule has 1 aromatic rings. The molecular weight excluding hydrogens is 228 g/mol. The summed E-state index contributed by atoms with van der Waals surface area (Å²) in [6.45, 7) is 7.05. The first-order valence-corrected chi connectivity index (χ1v) is 6.59. The minimum atomic E-state index is 0.0560. The molecule has 1 aliphatic rings. The molecule has 18 heavy (non-hydrogen) atoms. The molecule has 100 valence electrons. The lowest BCUT2D eigenvalue weighted by Gasteiger charge is -2.15. The fraction of sp³-hybridized carbons (Fsp3) is 0.692. The monoisotopic (exact) mass is 250 g/mol. The number of nitrogens with two attached hydrogens (primary N) is 1. The molecule has 3 N–H and O–H groups in total. The summed E-state index contributed by atoms with van der Waals surface area (Å²) in [6, 6.07) is 0. The zero-order valence-electron chi connectivity index (χ0n) is 11.3. The summed E-state index contributed by atoms with van der Waals surface area (Å²) in [6.07, 6.45) is 4.24. The molecule has 0 bridgehead atoms.